The summed E-state index contributed by atoms with van der Waals surface area (Å²) in [6.45, 7) is 2.04. The largest absolute Gasteiger partial charge is 0.271 e. The number of nitrogens with two attached hydrogens (primary N) is 1. The Morgan fingerprint density at radius 2 is 2.00 bits per heavy atom. The molecule has 19 heavy (non-hydrogen) atoms. The molecule has 0 bridgehead atoms. The van der Waals surface area contributed by atoms with Crippen molar-refractivity contribution in [1.29, 1.82) is 0 Å². The zero-order chi connectivity index (χ0) is 13.8. The number of aryl methyl sites for hydroxylation is 1. The lowest BCUT2D eigenvalue weighted by Crippen LogP contribution is -2.30. The molecule has 1 atom stereocenters. The van der Waals surface area contributed by atoms with E-state index < -0.39 is 0 Å². The SMILES string of the molecule is Cc1ccccc1CC(NN)c1cc(Br)ccc1F. The van der Waals surface area contributed by atoms with Crippen molar-refractivity contribution in [3.63, 3.8) is 0 Å². The molecule has 0 amide bonds. The van der Waals surface area contributed by atoms with Gasteiger partial charge in [-0.1, -0.05) is 40.2 Å². The standard InChI is InChI=1S/C15H16BrFN2/c1-10-4-2-3-5-11(10)8-15(19-18)13-9-12(16)6-7-14(13)17/h2-7,9,15,19H,8,18H2,1H3. The zero-order valence-electron chi connectivity index (χ0n) is 10.7. The van der Waals surface area contributed by atoms with Crippen molar-refractivity contribution in [2.45, 2.75) is 19.4 Å². The van der Waals surface area contributed by atoms with Gasteiger partial charge in [0, 0.05) is 10.0 Å². The van der Waals surface area contributed by atoms with Crippen molar-refractivity contribution in [1.82, 2.24) is 5.43 Å². The van der Waals surface area contributed by atoms with E-state index in [1.807, 2.05) is 31.2 Å². The van der Waals surface area contributed by atoms with Gasteiger partial charge in [-0.2, -0.15) is 0 Å². The molecule has 0 radical (unpaired) electrons. The second-order valence-electron chi connectivity index (χ2n) is 4.52. The first-order chi connectivity index (χ1) is 9.11. The highest BCUT2D eigenvalue weighted by molar-refractivity contribution is 9.10. The summed E-state index contributed by atoms with van der Waals surface area (Å²) in [6.07, 6.45) is 0.649. The molecule has 100 valence electrons. The van der Waals surface area contributed by atoms with Crippen molar-refractivity contribution >= 4 is 15.9 Å². The molecular formula is C15H16BrFN2. The van der Waals surface area contributed by atoms with Gasteiger partial charge in [0.05, 0.1) is 6.04 Å². The van der Waals surface area contributed by atoms with Gasteiger partial charge >= 0.3 is 0 Å². The zero-order valence-corrected chi connectivity index (χ0v) is 12.2. The van der Waals surface area contributed by atoms with Gasteiger partial charge in [0.1, 0.15) is 5.82 Å². The molecule has 4 heteroatoms. The minimum absolute atomic E-state index is 0.250. The van der Waals surface area contributed by atoms with Gasteiger partial charge in [-0.15, -0.1) is 0 Å². The van der Waals surface area contributed by atoms with Crippen molar-refractivity contribution in [3.8, 4) is 0 Å². The number of hydrazine groups is 1. The Morgan fingerprint density at radius 1 is 1.26 bits per heavy atom. The van der Waals surface area contributed by atoms with Crippen molar-refractivity contribution < 1.29 is 4.39 Å². The molecule has 0 aliphatic heterocycles. The highest BCUT2D eigenvalue weighted by atomic mass is 79.9. The molecule has 0 saturated heterocycles. The molecule has 2 aromatic rings. The van der Waals surface area contributed by atoms with Gasteiger partial charge < -0.3 is 0 Å². The van der Waals surface area contributed by atoms with Crippen LogP contribution in [-0.2, 0) is 6.42 Å². The monoisotopic (exact) mass is 322 g/mol. The van der Waals surface area contributed by atoms with E-state index in [4.69, 9.17) is 5.84 Å². The van der Waals surface area contributed by atoms with Crippen LogP contribution in [0, 0.1) is 12.7 Å². The van der Waals surface area contributed by atoms with Gasteiger partial charge in [-0.25, -0.2) is 4.39 Å². The van der Waals surface area contributed by atoms with Crippen LogP contribution in [0.4, 0.5) is 4.39 Å². The average molecular weight is 323 g/mol. The van der Waals surface area contributed by atoms with E-state index in [0.717, 1.165) is 10.0 Å². The van der Waals surface area contributed by atoms with E-state index in [1.165, 1.54) is 11.6 Å². The summed E-state index contributed by atoms with van der Waals surface area (Å²) >= 11 is 3.36. The second kappa shape index (κ2) is 6.28. The number of hydrogen-bond acceptors (Lipinski definition) is 2. The first kappa shape index (κ1) is 14.2. The quantitative estimate of drug-likeness (QED) is 0.666. The molecule has 2 nitrogen and oxygen atoms in total. The Hall–Kier alpha value is -1.23. The van der Waals surface area contributed by atoms with E-state index in [-0.39, 0.29) is 11.9 Å². The molecular weight excluding hydrogens is 307 g/mol. The summed E-state index contributed by atoms with van der Waals surface area (Å²) < 4.78 is 14.7. The normalized spacial score (nSPS) is 12.4. The van der Waals surface area contributed by atoms with Crippen LogP contribution in [0.5, 0.6) is 0 Å². The number of benzene rings is 2. The van der Waals surface area contributed by atoms with Gasteiger partial charge in [-0.3, -0.25) is 11.3 Å². The first-order valence-electron chi connectivity index (χ1n) is 6.07. The maximum Gasteiger partial charge on any atom is 0.128 e. The summed E-state index contributed by atoms with van der Waals surface area (Å²) in [7, 11) is 0. The number of nitrogens with one attached hydrogen (secondary N) is 1. The lowest BCUT2D eigenvalue weighted by atomic mass is 9.96. The fourth-order valence-corrected chi connectivity index (χ4v) is 2.48. The van der Waals surface area contributed by atoms with Crippen LogP contribution in [0.1, 0.15) is 22.7 Å². The molecule has 0 fully saturated rings. The van der Waals surface area contributed by atoms with Gasteiger partial charge in [0.2, 0.25) is 0 Å². The molecule has 0 spiro atoms. The van der Waals surface area contributed by atoms with E-state index >= 15 is 0 Å². The van der Waals surface area contributed by atoms with Crippen LogP contribution in [0.25, 0.3) is 0 Å². The number of halogens is 2. The molecule has 0 aliphatic rings. The summed E-state index contributed by atoms with van der Waals surface area (Å²) in [4.78, 5) is 0. The summed E-state index contributed by atoms with van der Waals surface area (Å²) in [6, 6.07) is 12.7. The second-order valence-corrected chi connectivity index (χ2v) is 5.43. The third kappa shape index (κ3) is 3.41. The van der Waals surface area contributed by atoms with Crippen LogP contribution in [0.15, 0.2) is 46.9 Å². The van der Waals surface area contributed by atoms with Crippen LogP contribution < -0.4 is 11.3 Å². The molecule has 0 heterocycles. The maximum atomic E-state index is 13.9. The molecule has 1 unspecified atom stereocenters. The topological polar surface area (TPSA) is 38.0 Å². The van der Waals surface area contributed by atoms with Crippen LogP contribution in [0.3, 0.4) is 0 Å². The Morgan fingerprint density at radius 3 is 2.68 bits per heavy atom. The molecule has 2 aromatic carbocycles. The molecule has 0 aliphatic carbocycles. The smallest absolute Gasteiger partial charge is 0.128 e. The Kier molecular flexibility index (Phi) is 4.69. The van der Waals surface area contributed by atoms with E-state index in [1.54, 1.807) is 12.1 Å². The Balaban J connectivity index is 2.30. The Labute approximate surface area is 120 Å². The van der Waals surface area contributed by atoms with Crippen LogP contribution >= 0.6 is 15.9 Å². The summed E-state index contributed by atoms with van der Waals surface area (Å²) in [5.74, 6) is 5.34. The summed E-state index contributed by atoms with van der Waals surface area (Å²) in [5, 5.41) is 0. The van der Waals surface area contributed by atoms with Crippen molar-refractivity contribution in [2.24, 2.45) is 5.84 Å². The lowest BCUT2D eigenvalue weighted by Gasteiger charge is -2.18. The van der Waals surface area contributed by atoms with Crippen LogP contribution in [0.2, 0.25) is 0 Å². The molecule has 2 rings (SSSR count). The predicted octanol–water partition coefficient (Wildman–Crippen LogP) is 3.64. The maximum absolute atomic E-state index is 13.9. The minimum Gasteiger partial charge on any atom is -0.271 e. The average Bonchev–Trinajstić information content (AvgIpc) is 2.41. The lowest BCUT2D eigenvalue weighted by molar-refractivity contribution is 0.509. The van der Waals surface area contributed by atoms with Gasteiger partial charge in [0.15, 0.2) is 0 Å². The predicted molar refractivity (Wildman–Crippen MR) is 79.0 cm³/mol. The fourth-order valence-electron chi connectivity index (χ4n) is 2.10. The first-order valence-corrected chi connectivity index (χ1v) is 6.86. The highest BCUT2D eigenvalue weighted by Gasteiger charge is 2.16. The van der Waals surface area contributed by atoms with Gasteiger partial charge in [0.25, 0.3) is 0 Å². The number of hydrogen-bond donors (Lipinski definition) is 2. The van der Waals surface area contributed by atoms with E-state index in [9.17, 15) is 4.39 Å². The number of rotatable bonds is 4. The Bertz CT molecular complexity index is 572. The molecule has 0 aromatic heterocycles. The van der Waals surface area contributed by atoms with E-state index in [2.05, 4.69) is 21.4 Å². The molecule has 0 saturated carbocycles. The third-order valence-corrected chi connectivity index (χ3v) is 3.71. The fraction of sp³-hybridized carbons (Fsp3) is 0.200. The highest BCUT2D eigenvalue weighted by Crippen LogP contribution is 2.25. The molecule has 3 N–H and O–H groups in total. The van der Waals surface area contributed by atoms with Crippen molar-refractivity contribution in [2.75, 3.05) is 0 Å². The van der Waals surface area contributed by atoms with E-state index in [0.29, 0.717) is 12.0 Å². The van der Waals surface area contributed by atoms with Crippen molar-refractivity contribution in [3.05, 3.63) is 69.4 Å². The van der Waals surface area contributed by atoms with Gasteiger partial charge in [-0.05, 0) is 42.7 Å². The third-order valence-electron chi connectivity index (χ3n) is 3.22. The van der Waals surface area contributed by atoms with Crippen LogP contribution in [-0.4, -0.2) is 0 Å². The minimum atomic E-state index is -0.251. The summed E-state index contributed by atoms with van der Waals surface area (Å²) in [5.41, 5.74) is 5.61.